The van der Waals surface area contributed by atoms with Crippen molar-refractivity contribution in [2.75, 3.05) is 18.8 Å². The van der Waals surface area contributed by atoms with Crippen molar-refractivity contribution in [3.8, 4) is 0 Å². The third-order valence-electron chi connectivity index (χ3n) is 3.31. The zero-order chi connectivity index (χ0) is 17.9. The fraction of sp³-hybridized carbons (Fsp3) is 0.235. The summed E-state index contributed by atoms with van der Waals surface area (Å²) >= 11 is 0.981. The Balaban J connectivity index is 2.35. The molecular formula is C17H20N2O3S2. The van der Waals surface area contributed by atoms with Gasteiger partial charge in [-0.2, -0.15) is 0 Å². The van der Waals surface area contributed by atoms with E-state index >= 15 is 0 Å². The second-order valence-electron chi connectivity index (χ2n) is 5.63. The lowest BCUT2D eigenvalue weighted by Crippen LogP contribution is -2.17. The number of benzene rings is 2. The number of sulfonamides is 1. The maximum Gasteiger partial charge on any atom is 0.286 e. The first-order valence-corrected chi connectivity index (χ1v) is 9.59. The highest BCUT2D eigenvalue weighted by Gasteiger charge is 2.19. The van der Waals surface area contributed by atoms with E-state index in [1.807, 2.05) is 13.0 Å². The fourth-order valence-electron chi connectivity index (χ4n) is 2.13. The zero-order valence-electron chi connectivity index (χ0n) is 14.0. The molecule has 0 aliphatic heterocycles. The van der Waals surface area contributed by atoms with Crippen LogP contribution in [-0.2, 0) is 10.0 Å². The Hall–Kier alpha value is -1.99. The van der Waals surface area contributed by atoms with E-state index in [-0.39, 0.29) is 10.1 Å². The van der Waals surface area contributed by atoms with Crippen LogP contribution in [0, 0.1) is 13.8 Å². The van der Waals surface area contributed by atoms with Crippen LogP contribution in [0.1, 0.15) is 11.1 Å². The van der Waals surface area contributed by atoms with Crippen LogP contribution in [0.25, 0.3) is 0 Å². The molecule has 24 heavy (non-hydrogen) atoms. The van der Waals surface area contributed by atoms with Crippen molar-refractivity contribution in [3.63, 3.8) is 0 Å². The van der Waals surface area contributed by atoms with E-state index in [2.05, 4.69) is 4.72 Å². The number of amides is 1. The topological polar surface area (TPSA) is 66.5 Å². The van der Waals surface area contributed by atoms with Gasteiger partial charge in [-0.25, -0.2) is 8.42 Å². The first kappa shape index (κ1) is 18.4. The van der Waals surface area contributed by atoms with Gasteiger partial charge in [-0.15, -0.1) is 0 Å². The molecule has 0 unspecified atom stereocenters. The summed E-state index contributed by atoms with van der Waals surface area (Å²) in [4.78, 5) is 14.1. The Morgan fingerprint density at radius 2 is 1.75 bits per heavy atom. The van der Waals surface area contributed by atoms with Crippen molar-refractivity contribution in [3.05, 3.63) is 53.6 Å². The van der Waals surface area contributed by atoms with Crippen molar-refractivity contribution in [1.82, 2.24) is 4.90 Å². The lowest BCUT2D eigenvalue weighted by Gasteiger charge is -2.15. The molecule has 0 fully saturated rings. The molecule has 0 atom stereocenters. The van der Waals surface area contributed by atoms with Gasteiger partial charge < -0.3 is 4.90 Å². The summed E-state index contributed by atoms with van der Waals surface area (Å²) in [5.74, 6) is 0. The Kier molecular flexibility index (Phi) is 5.56. The van der Waals surface area contributed by atoms with Crippen molar-refractivity contribution in [1.29, 1.82) is 0 Å². The quantitative estimate of drug-likeness (QED) is 0.836. The largest absolute Gasteiger partial charge is 0.339 e. The van der Waals surface area contributed by atoms with Crippen LogP contribution in [0.3, 0.4) is 0 Å². The molecule has 2 aromatic carbocycles. The smallest absolute Gasteiger partial charge is 0.286 e. The van der Waals surface area contributed by atoms with E-state index in [1.165, 1.54) is 4.90 Å². The number of carbonyl (C=O) groups excluding carboxylic acids is 1. The van der Waals surface area contributed by atoms with Gasteiger partial charge in [0.25, 0.3) is 15.3 Å². The van der Waals surface area contributed by atoms with Gasteiger partial charge in [-0.3, -0.25) is 9.52 Å². The van der Waals surface area contributed by atoms with Gasteiger partial charge in [0.15, 0.2) is 0 Å². The molecule has 0 spiro atoms. The summed E-state index contributed by atoms with van der Waals surface area (Å²) in [6.45, 7) is 3.67. The Bertz CT molecular complexity index is 862. The molecule has 5 nitrogen and oxygen atoms in total. The molecule has 2 aromatic rings. The van der Waals surface area contributed by atoms with Crippen LogP contribution in [0.15, 0.2) is 52.3 Å². The van der Waals surface area contributed by atoms with Gasteiger partial charge in [-0.05, 0) is 49.4 Å². The summed E-state index contributed by atoms with van der Waals surface area (Å²) in [7, 11) is -0.426. The standard InChI is InChI=1S/C17H20N2O3S2/c1-12-9-10-16(13(2)11-12)24(21,22)18-14-7-5-6-8-15(14)23-17(20)19(3)4/h5-11,18H,1-4H3. The van der Waals surface area contributed by atoms with Crippen LogP contribution in [0.5, 0.6) is 0 Å². The molecule has 1 N–H and O–H groups in total. The van der Waals surface area contributed by atoms with E-state index < -0.39 is 10.0 Å². The molecule has 0 saturated heterocycles. The second kappa shape index (κ2) is 7.27. The minimum atomic E-state index is -3.73. The minimum Gasteiger partial charge on any atom is -0.339 e. The number of nitrogens with zero attached hydrogens (tertiary/aromatic N) is 1. The number of rotatable bonds is 4. The average Bonchev–Trinajstić information content (AvgIpc) is 2.48. The van der Waals surface area contributed by atoms with E-state index in [0.29, 0.717) is 16.1 Å². The van der Waals surface area contributed by atoms with Crippen LogP contribution < -0.4 is 4.72 Å². The molecule has 0 saturated carbocycles. The molecule has 0 aliphatic rings. The van der Waals surface area contributed by atoms with Gasteiger partial charge in [0.1, 0.15) is 0 Å². The molecule has 128 valence electrons. The number of para-hydroxylation sites is 1. The number of carbonyl (C=O) groups is 1. The molecule has 7 heteroatoms. The van der Waals surface area contributed by atoms with Crippen LogP contribution >= 0.6 is 11.8 Å². The maximum absolute atomic E-state index is 12.7. The maximum atomic E-state index is 12.7. The summed E-state index contributed by atoms with van der Waals surface area (Å²) in [5.41, 5.74) is 2.06. The third kappa shape index (κ3) is 4.30. The zero-order valence-corrected chi connectivity index (χ0v) is 15.7. The lowest BCUT2D eigenvalue weighted by molar-refractivity contribution is 0.241. The van der Waals surface area contributed by atoms with Gasteiger partial charge in [0.05, 0.1) is 10.6 Å². The van der Waals surface area contributed by atoms with Gasteiger partial charge in [0.2, 0.25) is 0 Å². The number of aryl methyl sites for hydroxylation is 2. The highest BCUT2D eigenvalue weighted by molar-refractivity contribution is 8.13. The Labute approximate surface area is 147 Å². The van der Waals surface area contributed by atoms with E-state index in [9.17, 15) is 13.2 Å². The van der Waals surface area contributed by atoms with E-state index in [4.69, 9.17) is 0 Å². The van der Waals surface area contributed by atoms with Crippen molar-refractivity contribution in [2.45, 2.75) is 23.6 Å². The summed E-state index contributed by atoms with van der Waals surface area (Å²) < 4.78 is 28.0. The monoisotopic (exact) mass is 364 g/mol. The lowest BCUT2D eigenvalue weighted by atomic mass is 10.2. The number of anilines is 1. The van der Waals surface area contributed by atoms with Gasteiger partial charge in [0, 0.05) is 19.0 Å². The fourth-order valence-corrected chi connectivity index (χ4v) is 4.24. The van der Waals surface area contributed by atoms with Crippen molar-refractivity contribution in [2.24, 2.45) is 0 Å². The summed E-state index contributed by atoms with van der Waals surface area (Å²) in [5, 5.41) is -0.173. The first-order valence-electron chi connectivity index (χ1n) is 7.29. The molecular weight excluding hydrogens is 344 g/mol. The average molecular weight is 364 g/mol. The molecule has 0 aromatic heterocycles. The normalized spacial score (nSPS) is 11.2. The van der Waals surface area contributed by atoms with Crippen molar-refractivity contribution < 1.29 is 13.2 Å². The molecule has 2 rings (SSSR count). The second-order valence-corrected chi connectivity index (χ2v) is 8.28. The van der Waals surface area contributed by atoms with Crippen LogP contribution in [0.2, 0.25) is 0 Å². The summed E-state index contributed by atoms with van der Waals surface area (Å²) in [6.07, 6.45) is 0. The molecule has 0 bridgehead atoms. The number of hydrogen-bond donors (Lipinski definition) is 1. The molecule has 1 amide bonds. The first-order chi connectivity index (χ1) is 11.2. The highest BCUT2D eigenvalue weighted by atomic mass is 32.2. The SMILES string of the molecule is Cc1ccc(S(=O)(=O)Nc2ccccc2SC(=O)N(C)C)c(C)c1. The van der Waals surface area contributed by atoms with E-state index in [0.717, 1.165) is 17.3 Å². The van der Waals surface area contributed by atoms with Gasteiger partial charge >= 0.3 is 0 Å². The summed E-state index contributed by atoms with van der Waals surface area (Å²) in [6, 6.07) is 12.0. The predicted molar refractivity (Wildman–Crippen MR) is 98.1 cm³/mol. The highest BCUT2D eigenvalue weighted by Crippen LogP contribution is 2.30. The van der Waals surface area contributed by atoms with E-state index in [1.54, 1.807) is 57.4 Å². The van der Waals surface area contributed by atoms with Crippen LogP contribution in [-0.4, -0.2) is 32.7 Å². The van der Waals surface area contributed by atoms with Gasteiger partial charge in [-0.1, -0.05) is 29.8 Å². The Morgan fingerprint density at radius 1 is 1.08 bits per heavy atom. The third-order valence-corrected chi connectivity index (χ3v) is 5.96. The molecule has 0 radical (unpaired) electrons. The Morgan fingerprint density at radius 3 is 2.38 bits per heavy atom. The molecule has 0 heterocycles. The molecule has 0 aliphatic carbocycles. The van der Waals surface area contributed by atoms with Crippen LogP contribution in [0.4, 0.5) is 10.5 Å². The number of hydrogen-bond acceptors (Lipinski definition) is 4. The van der Waals surface area contributed by atoms with Crippen molar-refractivity contribution >= 4 is 32.7 Å². The number of thioether (sulfide) groups is 1. The predicted octanol–water partition coefficient (Wildman–Crippen LogP) is 3.88. The number of nitrogens with one attached hydrogen (secondary N) is 1. The minimum absolute atomic E-state index is 0.173.